The molecule has 0 saturated carbocycles. The van der Waals surface area contributed by atoms with Crippen molar-refractivity contribution in [3.05, 3.63) is 35.9 Å². The van der Waals surface area contributed by atoms with E-state index in [1.165, 1.54) is 5.56 Å². The quantitative estimate of drug-likeness (QED) is 0.775. The zero-order chi connectivity index (χ0) is 15.3. The lowest BCUT2D eigenvalue weighted by atomic mass is 10.1. The van der Waals surface area contributed by atoms with E-state index in [4.69, 9.17) is 0 Å². The lowest BCUT2D eigenvalue weighted by molar-refractivity contribution is 0.304. The van der Waals surface area contributed by atoms with E-state index in [0.29, 0.717) is 18.9 Å². The minimum absolute atomic E-state index is 0.254. The van der Waals surface area contributed by atoms with Crippen LogP contribution in [0.4, 0.5) is 0 Å². The maximum atomic E-state index is 12.0. The van der Waals surface area contributed by atoms with Crippen LogP contribution in [0.2, 0.25) is 0 Å². The van der Waals surface area contributed by atoms with E-state index in [2.05, 4.69) is 29.2 Å². The van der Waals surface area contributed by atoms with Gasteiger partial charge in [-0.15, -0.1) is 0 Å². The number of sulfonamides is 1. The third-order valence-corrected chi connectivity index (χ3v) is 6.09. The van der Waals surface area contributed by atoms with Crippen LogP contribution in [0, 0.1) is 5.92 Å². The first-order valence-corrected chi connectivity index (χ1v) is 9.32. The highest BCUT2D eigenvalue weighted by Gasteiger charge is 2.26. The predicted molar refractivity (Wildman–Crippen MR) is 86.5 cm³/mol. The molecular weight excluding hydrogens is 284 g/mol. The van der Waals surface area contributed by atoms with Crippen molar-refractivity contribution in [1.82, 2.24) is 9.21 Å². The van der Waals surface area contributed by atoms with Crippen LogP contribution in [0.3, 0.4) is 0 Å². The second-order valence-electron chi connectivity index (χ2n) is 5.97. The Labute approximate surface area is 128 Å². The number of benzene rings is 1. The summed E-state index contributed by atoms with van der Waals surface area (Å²) in [5, 5.41) is 0. The summed E-state index contributed by atoms with van der Waals surface area (Å²) in [5.41, 5.74) is 1.32. The monoisotopic (exact) mass is 310 g/mol. The average Bonchev–Trinajstić information content (AvgIpc) is 2.87. The molecule has 1 saturated heterocycles. The molecule has 0 N–H and O–H groups in total. The minimum Gasteiger partial charge on any atom is -0.299 e. The lowest BCUT2D eigenvalue weighted by Gasteiger charge is -2.21. The van der Waals surface area contributed by atoms with Crippen LogP contribution in [-0.4, -0.2) is 50.1 Å². The molecule has 0 radical (unpaired) electrons. The molecule has 1 aromatic rings. The standard InChI is InChI=1S/C16H26N2O2S/c1-3-11-21(19,20)17(2)12-16-9-10-18(14-16)13-15-7-5-4-6-8-15/h4-8,16H,3,9-14H2,1-2H3. The zero-order valence-corrected chi connectivity index (χ0v) is 13.8. The largest absolute Gasteiger partial charge is 0.299 e. The first-order chi connectivity index (χ1) is 10.0. The van der Waals surface area contributed by atoms with Gasteiger partial charge in [0, 0.05) is 26.7 Å². The van der Waals surface area contributed by atoms with E-state index >= 15 is 0 Å². The van der Waals surface area contributed by atoms with Gasteiger partial charge in [-0.05, 0) is 30.9 Å². The Morgan fingerprint density at radius 3 is 2.67 bits per heavy atom. The normalized spacial score (nSPS) is 20.2. The fourth-order valence-electron chi connectivity index (χ4n) is 2.94. The summed E-state index contributed by atoms with van der Waals surface area (Å²) in [6, 6.07) is 10.4. The topological polar surface area (TPSA) is 40.6 Å². The average molecular weight is 310 g/mol. The van der Waals surface area contributed by atoms with E-state index < -0.39 is 10.0 Å². The van der Waals surface area contributed by atoms with Gasteiger partial charge >= 0.3 is 0 Å². The van der Waals surface area contributed by atoms with Crippen LogP contribution < -0.4 is 0 Å². The highest BCUT2D eigenvalue weighted by Crippen LogP contribution is 2.20. The second-order valence-corrected chi connectivity index (χ2v) is 8.17. The molecule has 0 bridgehead atoms. The summed E-state index contributed by atoms with van der Waals surface area (Å²) in [6.45, 7) is 5.56. The molecule has 0 aliphatic carbocycles. The van der Waals surface area contributed by atoms with Gasteiger partial charge in [-0.1, -0.05) is 37.3 Å². The van der Waals surface area contributed by atoms with E-state index in [9.17, 15) is 8.42 Å². The number of nitrogens with zero attached hydrogens (tertiary/aromatic N) is 2. The molecule has 1 fully saturated rings. The van der Waals surface area contributed by atoms with Crippen LogP contribution in [-0.2, 0) is 16.6 Å². The van der Waals surface area contributed by atoms with E-state index in [-0.39, 0.29) is 5.75 Å². The number of rotatable bonds is 7. The predicted octanol–water partition coefficient (Wildman–Crippen LogP) is 2.18. The van der Waals surface area contributed by atoms with Crippen LogP contribution in [0.1, 0.15) is 25.3 Å². The highest BCUT2D eigenvalue weighted by atomic mass is 32.2. The maximum Gasteiger partial charge on any atom is 0.213 e. The molecule has 1 aromatic carbocycles. The molecule has 1 aliphatic heterocycles. The lowest BCUT2D eigenvalue weighted by Crippen LogP contribution is -2.34. The number of hydrogen-bond acceptors (Lipinski definition) is 3. The first-order valence-electron chi connectivity index (χ1n) is 7.71. The third kappa shape index (κ3) is 4.80. The summed E-state index contributed by atoms with van der Waals surface area (Å²) in [7, 11) is -1.35. The summed E-state index contributed by atoms with van der Waals surface area (Å²) >= 11 is 0. The number of likely N-dealkylation sites (tertiary alicyclic amines) is 1. The Morgan fingerprint density at radius 1 is 1.29 bits per heavy atom. The molecule has 5 heteroatoms. The molecule has 1 heterocycles. The molecule has 0 amide bonds. The smallest absolute Gasteiger partial charge is 0.213 e. The fourth-order valence-corrected chi connectivity index (χ4v) is 4.20. The Balaban J connectivity index is 1.83. The van der Waals surface area contributed by atoms with Crippen molar-refractivity contribution < 1.29 is 8.42 Å². The Morgan fingerprint density at radius 2 is 2.00 bits per heavy atom. The van der Waals surface area contributed by atoms with Crippen molar-refractivity contribution in [2.45, 2.75) is 26.3 Å². The SMILES string of the molecule is CCCS(=O)(=O)N(C)CC1CCN(Cc2ccccc2)C1. The van der Waals surface area contributed by atoms with E-state index in [1.807, 2.05) is 13.0 Å². The van der Waals surface area contributed by atoms with Crippen molar-refractivity contribution in [3.8, 4) is 0 Å². The van der Waals surface area contributed by atoms with Gasteiger partial charge in [0.15, 0.2) is 0 Å². The van der Waals surface area contributed by atoms with Gasteiger partial charge in [-0.3, -0.25) is 4.90 Å². The first kappa shape index (κ1) is 16.5. The van der Waals surface area contributed by atoms with E-state index in [0.717, 1.165) is 26.1 Å². The summed E-state index contributed by atoms with van der Waals surface area (Å²) in [4.78, 5) is 2.42. The van der Waals surface area contributed by atoms with Crippen LogP contribution in [0.25, 0.3) is 0 Å². The minimum atomic E-state index is -3.06. The van der Waals surface area contributed by atoms with Crippen molar-refractivity contribution >= 4 is 10.0 Å². The van der Waals surface area contributed by atoms with Crippen molar-refractivity contribution in [2.75, 3.05) is 32.4 Å². The Kier molecular flexibility index (Phi) is 5.79. The van der Waals surface area contributed by atoms with Crippen molar-refractivity contribution in [1.29, 1.82) is 0 Å². The van der Waals surface area contributed by atoms with Crippen LogP contribution in [0.15, 0.2) is 30.3 Å². The van der Waals surface area contributed by atoms with Crippen molar-refractivity contribution in [2.24, 2.45) is 5.92 Å². The zero-order valence-electron chi connectivity index (χ0n) is 13.0. The molecular formula is C16H26N2O2S. The summed E-state index contributed by atoms with van der Waals surface area (Å²) in [5.74, 6) is 0.703. The summed E-state index contributed by atoms with van der Waals surface area (Å²) < 4.78 is 25.6. The van der Waals surface area contributed by atoms with Crippen LogP contribution >= 0.6 is 0 Å². The Hall–Kier alpha value is -0.910. The molecule has 0 aromatic heterocycles. The molecule has 4 nitrogen and oxygen atoms in total. The third-order valence-electron chi connectivity index (χ3n) is 4.07. The van der Waals surface area contributed by atoms with Gasteiger partial charge in [0.25, 0.3) is 0 Å². The van der Waals surface area contributed by atoms with Gasteiger partial charge in [-0.25, -0.2) is 12.7 Å². The highest BCUT2D eigenvalue weighted by molar-refractivity contribution is 7.89. The molecule has 0 spiro atoms. The second kappa shape index (κ2) is 7.38. The maximum absolute atomic E-state index is 12.0. The molecule has 21 heavy (non-hydrogen) atoms. The number of hydrogen-bond donors (Lipinski definition) is 0. The van der Waals surface area contributed by atoms with Gasteiger partial charge in [0.05, 0.1) is 5.75 Å². The molecule has 2 rings (SSSR count). The van der Waals surface area contributed by atoms with Gasteiger partial charge in [-0.2, -0.15) is 0 Å². The molecule has 1 aliphatic rings. The van der Waals surface area contributed by atoms with Crippen LogP contribution in [0.5, 0.6) is 0 Å². The molecule has 1 atom stereocenters. The van der Waals surface area contributed by atoms with E-state index in [1.54, 1.807) is 11.4 Å². The van der Waals surface area contributed by atoms with Gasteiger partial charge < -0.3 is 0 Å². The molecule has 118 valence electrons. The van der Waals surface area contributed by atoms with Gasteiger partial charge in [0.1, 0.15) is 0 Å². The Bertz CT molecular complexity index is 530. The molecule has 1 unspecified atom stereocenters. The van der Waals surface area contributed by atoms with Crippen molar-refractivity contribution in [3.63, 3.8) is 0 Å². The fraction of sp³-hybridized carbons (Fsp3) is 0.625. The summed E-state index contributed by atoms with van der Waals surface area (Å²) in [6.07, 6.45) is 1.76. The van der Waals surface area contributed by atoms with Gasteiger partial charge in [0.2, 0.25) is 10.0 Å².